The third-order valence-electron chi connectivity index (χ3n) is 3.78. The summed E-state index contributed by atoms with van der Waals surface area (Å²) >= 11 is 17.8. The van der Waals surface area contributed by atoms with Crippen molar-refractivity contribution in [3.63, 3.8) is 0 Å². The first-order chi connectivity index (χ1) is 11.4. The summed E-state index contributed by atoms with van der Waals surface area (Å²) in [5.41, 5.74) is -0.256. The van der Waals surface area contributed by atoms with Gasteiger partial charge in [-0.3, -0.25) is 4.79 Å². The Hall–Kier alpha value is -1.43. The summed E-state index contributed by atoms with van der Waals surface area (Å²) in [5.74, 6) is 0. The van der Waals surface area contributed by atoms with Gasteiger partial charge < -0.3 is 5.11 Å². The third kappa shape index (κ3) is 3.59. The molecule has 1 aliphatic carbocycles. The molecule has 0 amide bonds. The van der Waals surface area contributed by atoms with Crippen molar-refractivity contribution in [2.45, 2.75) is 11.6 Å². The van der Waals surface area contributed by atoms with Crippen LogP contribution in [0.1, 0.15) is 11.1 Å². The first-order valence-electron chi connectivity index (χ1n) is 6.99. The van der Waals surface area contributed by atoms with Gasteiger partial charge in [-0.2, -0.15) is 10.2 Å². The van der Waals surface area contributed by atoms with E-state index < -0.39 is 16.9 Å². The first kappa shape index (κ1) is 19.9. The highest BCUT2D eigenvalue weighted by Crippen LogP contribution is 2.41. The quantitative estimate of drug-likeness (QED) is 0.525. The van der Waals surface area contributed by atoms with Crippen LogP contribution >= 0.6 is 47.2 Å². The van der Waals surface area contributed by atoms with Crippen LogP contribution in [0.15, 0.2) is 58.8 Å². The summed E-state index contributed by atoms with van der Waals surface area (Å²) in [6.45, 7) is 0. The number of aliphatic hydroxyl groups excluding tert-OH is 1. The number of benzene rings is 2. The van der Waals surface area contributed by atoms with Gasteiger partial charge >= 0.3 is 0 Å². The highest BCUT2D eigenvalue weighted by Gasteiger charge is 2.48. The number of fused-ring (bicyclic) bond motifs is 1. The number of carbonyl (C=O) groups is 1. The molecule has 1 aliphatic rings. The number of carbonyl (C=O) groups excluding carboxylic acids is 1. The van der Waals surface area contributed by atoms with Gasteiger partial charge in [-0.1, -0.05) is 59.6 Å². The fourth-order valence-corrected chi connectivity index (χ4v) is 3.13. The van der Waals surface area contributed by atoms with Crippen LogP contribution in [0.3, 0.4) is 0 Å². The Labute approximate surface area is 165 Å². The van der Waals surface area contributed by atoms with Crippen LogP contribution in [-0.2, 0) is 10.3 Å². The molecular formula is C17H12Cl4N2O2. The fraction of sp³-hybridized carbons (Fsp3) is 0.118. The third-order valence-corrected chi connectivity index (χ3v) is 4.62. The monoisotopic (exact) mass is 416 g/mol. The largest absolute Gasteiger partial charge is 0.385 e. The second kappa shape index (κ2) is 7.85. The molecule has 4 nitrogen and oxygen atoms in total. The van der Waals surface area contributed by atoms with Gasteiger partial charge in [-0.05, 0) is 35.4 Å². The normalized spacial score (nSPS) is 21.7. The lowest BCUT2D eigenvalue weighted by Crippen LogP contribution is -2.43. The molecule has 0 aliphatic heterocycles. The molecule has 3 rings (SSSR count). The lowest BCUT2D eigenvalue weighted by atomic mass is 9.79. The van der Waals surface area contributed by atoms with E-state index in [1.165, 1.54) is 12.1 Å². The maximum absolute atomic E-state index is 12.2. The van der Waals surface area contributed by atoms with E-state index in [2.05, 4.69) is 10.2 Å². The van der Waals surface area contributed by atoms with E-state index in [-0.39, 0.29) is 18.1 Å². The van der Waals surface area contributed by atoms with Crippen LogP contribution in [0.2, 0.25) is 10.0 Å². The zero-order valence-corrected chi connectivity index (χ0v) is 15.6. The van der Waals surface area contributed by atoms with Crippen molar-refractivity contribution < 1.29 is 9.90 Å². The number of hydrogen-bond acceptors (Lipinski definition) is 4. The predicted molar refractivity (Wildman–Crippen MR) is 102 cm³/mol. The molecule has 0 aromatic heterocycles. The molecule has 0 saturated carbocycles. The number of hydrogen-bond donors (Lipinski definition) is 1. The van der Waals surface area contributed by atoms with E-state index in [1.54, 1.807) is 36.4 Å². The smallest absolute Gasteiger partial charge is 0.258 e. The molecule has 8 heteroatoms. The summed E-state index contributed by atoms with van der Waals surface area (Å²) in [6, 6.07) is 11.7. The summed E-state index contributed by atoms with van der Waals surface area (Å²) < 4.78 is 0. The maximum atomic E-state index is 12.2. The lowest BCUT2D eigenvalue weighted by Gasteiger charge is -2.32. The van der Waals surface area contributed by atoms with E-state index in [9.17, 15) is 9.90 Å². The van der Waals surface area contributed by atoms with Gasteiger partial charge in [0.15, 0.2) is 0 Å². The van der Waals surface area contributed by atoms with E-state index in [0.717, 1.165) is 5.56 Å². The molecule has 0 spiro atoms. The Balaban J connectivity index is 0.00000225. The van der Waals surface area contributed by atoms with Crippen LogP contribution in [0.5, 0.6) is 0 Å². The van der Waals surface area contributed by atoms with Crippen molar-refractivity contribution in [1.29, 1.82) is 0 Å². The summed E-state index contributed by atoms with van der Waals surface area (Å²) in [4.78, 5) is 12.2. The van der Waals surface area contributed by atoms with Crippen molar-refractivity contribution >= 4 is 64.2 Å². The highest BCUT2D eigenvalue weighted by molar-refractivity contribution is 6.65. The fourth-order valence-electron chi connectivity index (χ4n) is 2.55. The molecule has 0 heterocycles. The van der Waals surface area contributed by atoms with Crippen molar-refractivity contribution in [2.75, 3.05) is 0 Å². The minimum atomic E-state index is -1.74. The van der Waals surface area contributed by atoms with Crippen molar-refractivity contribution in [1.82, 2.24) is 0 Å². The Morgan fingerprint density at radius 1 is 1.16 bits per heavy atom. The summed E-state index contributed by atoms with van der Waals surface area (Å²) in [5, 5.41) is 18.5. The van der Waals surface area contributed by atoms with Gasteiger partial charge in [0, 0.05) is 10.6 Å². The second-order valence-corrected chi connectivity index (χ2v) is 6.41. The van der Waals surface area contributed by atoms with Gasteiger partial charge in [0.1, 0.15) is 11.8 Å². The number of halogens is 4. The van der Waals surface area contributed by atoms with Gasteiger partial charge in [-0.15, -0.1) is 12.4 Å². The SMILES string of the molecule is Cl.O=C(Cl)C1(N=Nc2cc(Cl)ccc2Cl)c2ccccc2C=CC1O. The lowest BCUT2D eigenvalue weighted by molar-refractivity contribution is -0.119. The maximum Gasteiger partial charge on any atom is 0.258 e. The number of aliphatic hydroxyl groups is 1. The van der Waals surface area contributed by atoms with E-state index in [4.69, 9.17) is 34.8 Å². The summed E-state index contributed by atoms with van der Waals surface area (Å²) in [7, 11) is 0. The number of rotatable bonds is 3. The topological polar surface area (TPSA) is 62.0 Å². The standard InChI is InChI=1S/C17H11Cl3N2O2.ClH/c18-11-6-7-13(19)14(9-11)21-22-17(16(20)24)12-4-2-1-3-10(12)5-8-15(17)23;/h1-9,15,23H;1H. The van der Waals surface area contributed by atoms with Gasteiger partial charge in [-0.25, -0.2) is 0 Å². The van der Waals surface area contributed by atoms with Crippen molar-refractivity contribution in [2.24, 2.45) is 10.2 Å². The molecular weight excluding hydrogens is 406 g/mol. The van der Waals surface area contributed by atoms with Crippen molar-refractivity contribution in [3.05, 3.63) is 69.7 Å². The van der Waals surface area contributed by atoms with Crippen LogP contribution < -0.4 is 0 Å². The highest BCUT2D eigenvalue weighted by atomic mass is 35.5. The molecule has 25 heavy (non-hydrogen) atoms. The van der Waals surface area contributed by atoms with Crippen LogP contribution in [0, 0.1) is 0 Å². The molecule has 2 aromatic rings. The van der Waals surface area contributed by atoms with E-state index >= 15 is 0 Å². The number of nitrogens with zero attached hydrogens (tertiary/aromatic N) is 2. The Bertz CT molecular complexity index is 869. The van der Waals surface area contributed by atoms with Gasteiger partial charge in [0.25, 0.3) is 5.24 Å². The van der Waals surface area contributed by atoms with Crippen molar-refractivity contribution in [3.8, 4) is 0 Å². The average Bonchev–Trinajstić information content (AvgIpc) is 2.57. The van der Waals surface area contributed by atoms with Gasteiger partial charge in [0.2, 0.25) is 5.54 Å². The van der Waals surface area contributed by atoms with Crippen LogP contribution in [0.4, 0.5) is 5.69 Å². The first-order valence-corrected chi connectivity index (χ1v) is 8.12. The molecule has 0 saturated heterocycles. The van der Waals surface area contributed by atoms with Crippen LogP contribution in [0.25, 0.3) is 6.08 Å². The molecule has 2 aromatic carbocycles. The Kier molecular flexibility index (Phi) is 6.25. The second-order valence-electron chi connectivity index (χ2n) is 5.23. The minimum Gasteiger partial charge on any atom is -0.385 e. The van der Waals surface area contributed by atoms with E-state index in [1.807, 2.05) is 6.07 Å². The molecule has 0 radical (unpaired) electrons. The Morgan fingerprint density at radius 3 is 2.60 bits per heavy atom. The van der Waals surface area contributed by atoms with Gasteiger partial charge in [0.05, 0.1) is 5.02 Å². The average molecular weight is 418 g/mol. The zero-order chi connectivity index (χ0) is 17.3. The molecule has 130 valence electrons. The van der Waals surface area contributed by atoms with E-state index in [0.29, 0.717) is 15.6 Å². The molecule has 2 unspecified atom stereocenters. The minimum absolute atomic E-state index is 0. The van der Waals surface area contributed by atoms with Crippen LogP contribution in [-0.4, -0.2) is 16.5 Å². The Morgan fingerprint density at radius 2 is 1.88 bits per heavy atom. The molecule has 2 atom stereocenters. The molecule has 1 N–H and O–H groups in total. The summed E-state index contributed by atoms with van der Waals surface area (Å²) in [6.07, 6.45) is 1.92. The predicted octanol–water partition coefficient (Wildman–Crippen LogP) is 5.55. The zero-order valence-electron chi connectivity index (χ0n) is 12.6. The number of azo groups is 1. The molecule has 0 bridgehead atoms. The molecule has 0 fully saturated rings.